The zero-order chi connectivity index (χ0) is 12.8. The Hall–Kier alpha value is -0.810. The van der Waals surface area contributed by atoms with E-state index in [1.807, 2.05) is 30.3 Å². The van der Waals surface area contributed by atoms with Crippen molar-refractivity contribution in [3.05, 3.63) is 35.9 Å². The average Bonchev–Trinajstić information content (AvgIpc) is 2.62. The molecule has 1 fully saturated rings. The van der Waals surface area contributed by atoms with E-state index in [0.717, 1.165) is 25.9 Å². The number of hydrogen-bond acceptors (Lipinski definition) is 3. The lowest BCUT2D eigenvalue weighted by atomic mass is 10.1. The standard InChI is InChI=1S/C14H21N3O.2ClH/c1-17-10-5-8-13(9-11-17)15-16-14(18)12-6-3-2-4-7-12;;/h2-4,6-7,13,15H,5,8-11H2,1H3,(H,16,18);2*1H. The van der Waals surface area contributed by atoms with E-state index in [0.29, 0.717) is 11.6 Å². The van der Waals surface area contributed by atoms with Crippen LogP contribution in [0.15, 0.2) is 30.3 Å². The molecule has 2 N–H and O–H groups in total. The minimum Gasteiger partial charge on any atom is -0.306 e. The van der Waals surface area contributed by atoms with Gasteiger partial charge >= 0.3 is 0 Å². The highest BCUT2D eigenvalue weighted by Gasteiger charge is 2.15. The zero-order valence-corrected chi connectivity index (χ0v) is 13.3. The van der Waals surface area contributed by atoms with Gasteiger partial charge in [-0.15, -0.1) is 24.8 Å². The smallest absolute Gasteiger partial charge is 0.265 e. The molecule has 114 valence electrons. The van der Waals surface area contributed by atoms with E-state index in [-0.39, 0.29) is 30.7 Å². The quantitative estimate of drug-likeness (QED) is 0.840. The molecule has 4 nitrogen and oxygen atoms in total. The lowest BCUT2D eigenvalue weighted by Gasteiger charge is -2.17. The molecule has 0 aliphatic carbocycles. The van der Waals surface area contributed by atoms with Gasteiger partial charge in [0.15, 0.2) is 0 Å². The normalized spacial score (nSPS) is 19.1. The maximum Gasteiger partial charge on any atom is 0.265 e. The highest BCUT2D eigenvalue weighted by Crippen LogP contribution is 2.08. The molecule has 1 amide bonds. The number of benzene rings is 1. The molecule has 20 heavy (non-hydrogen) atoms. The number of nitrogens with one attached hydrogen (secondary N) is 2. The summed E-state index contributed by atoms with van der Waals surface area (Å²) in [5.41, 5.74) is 6.65. The van der Waals surface area contributed by atoms with Gasteiger partial charge < -0.3 is 4.90 Å². The summed E-state index contributed by atoms with van der Waals surface area (Å²) in [6.45, 7) is 2.23. The molecule has 1 unspecified atom stereocenters. The minimum absolute atomic E-state index is 0. The highest BCUT2D eigenvalue weighted by molar-refractivity contribution is 5.93. The summed E-state index contributed by atoms with van der Waals surface area (Å²) in [4.78, 5) is 14.2. The number of carbonyl (C=O) groups excluding carboxylic acids is 1. The lowest BCUT2D eigenvalue weighted by molar-refractivity contribution is 0.0923. The second-order valence-electron chi connectivity index (χ2n) is 4.90. The summed E-state index contributed by atoms with van der Waals surface area (Å²) < 4.78 is 0. The summed E-state index contributed by atoms with van der Waals surface area (Å²) >= 11 is 0. The zero-order valence-electron chi connectivity index (χ0n) is 11.7. The lowest BCUT2D eigenvalue weighted by Crippen LogP contribution is -2.44. The Bertz CT molecular complexity index is 389. The van der Waals surface area contributed by atoms with Crippen LogP contribution in [0.3, 0.4) is 0 Å². The number of hydrazine groups is 1. The number of carbonyl (C=O) groups is 1. The number of halogens is 2. The third kappa shape index (κ3) is 6.09. The predicted octanol–water partition coefficient (Wildman–Crippen LogP) is 2.25. The Labute approximate surface area is 133 Å². The summed E-state index contributed by atoms with van der Waals surface area (Å²) in [5.74, 6) is -0.0619. The molecule has 2 rings (SSSR count). The van der Waals surface area contributed by atoms with E-state index in [9.17, 15) is 4.79 Å². The number of nitrogens with zero attached hydrogens (tertiary/aromatic N) is 1. The van der Waals surface area contributed by atoms with Crippen LogP contribution in [0.1, 0.15) is 29.6 Å². The first-order chi connectivity index (χ1) is 8.75. The Morgan fingerprint density at radius 1 is 1.15 bits per heavy atom. The summed E-state index contributed by atoms with van der Waals surface area (Å²) in [7, 11) is 2.14. The molecule has 6 heteroatoms. The SMILES string of the molecule is CN1CCCC(NNC(=O)c2ccccc2)CC1.Cl.Cl. The van der Waals surface area contributed by atoms with Crippen molar-refractivity contribution < 1.29 is 4.79 Å². The molecule has 0 bridgehead atoms. The number of hydrogen-bond donors (Lipinski definition) is 2. The largest absolute Gasteiger partial charge is 0.306 e. The van der Waals surface area contributed by atoms with Crippen LogP contribution < -0.4 is 10.9 Å². The van der Waals surface area contributed by atoms with Gasteiger partial charge in [0.05, 0.1) is 0 Å². The highest BCUT2D eigenvalue weighted by atomic mass is 35.5. The van der Waals surface area contributed by atoms with Crippen LogP contribution in [-0.4, -0.2) is 37.0 Å². The Balaban J connectivity index is 0.00000180. The summed E-state index contributed by atoms with van der Waals surface area (Å²) in [6, 6.07) is 9.66. The molecule has 1 atom stereocenters. The molecule has 1 aliphatic rings. The number of rotatable bonds is 3. The fourth-order valence-corrected chi connectivity index (χ4v) is 2.21. The second kappa shape index (κ2) is 10.00. The number of likely N-dealkylation sites (tertiary alicyclic amines) is 1. The van der Waals surface area contributed by atoms with Crippen LogP contribution in [0.5, 0.6) is 0 Å². The van der Waals surface area contributed by atoms with Gasteiger partial charge in [0.1, 0.15) is 0 Å². The van der Waals surface area contributed by atoms with Gasteiger partial charge in [-0.25, -0.2) is 5.43 Å². The second-order valence-corrected chi connectivity index (χ2v) is 4.90. The minimum atomic E-state index is -0.0619. The molecule has 0 spiro atoms. The molecular weight excluding hydrogens is 297 g/mol. The van der Waals surface area contributed by atoms with E-state index < -0.39 is 0 Å². The molecule has 1 saturated heterocycles. The monoisotopic (exact) mass is 319 g/mol. The maximum atomic E-state index is 11.9. The van der Waals surface area contributed by atoms with Gasteiger partial charge in [-0.2, -0.15) is 0 Å². The van der Waals surface area contributed by atoms with Crippen molar-refractivity contribution in [3.8, 4) is 0 Å². The molecule has 0 radical (unpaired) electrons. The van der Waals surface area contributed by atoms with Crippen LogP contribution in [0.25, 0.3) is 0 Å². The predicted molar refractivity (Wildman–Crippen MR) is 86.7 cm³/mol. The van der Waals surface area contributed by atoms with Crippen molar-refractivity contribution in [2.24, 2.45) is 0 Å². The summed E-state index contributed by atoms with van der Waals surface area (Å²) in [6.07, 6.45) is 3.36. The van der Waals surface area contributed by atoms with Crippen LogP contribution >= 0.6 is 24.8 Å². The molecule has 1 aromatic carbocycles. The molecule has 0 aromatic heterocycles. The van der Waals surface area contributed by atoms with Gasteiger partial charge in [-0.3, -0.25) is 10.2 Å². The van der Waals surface area contributed by atoms with E-state index in [4.69, 9.17) is 0 Å². The van der Waals surface area contributed by atoms with Gasteiger partial charge in [0.25, 0.3) is 5.91 Å². The molecule has 1 aliphatic heterocycles. The molecule has 1 aromatic rings. The van der Waals surface area contributed by atoms with Crippen LogP contribution in [0, 0.1) is 0 Å². The van der Waals surface area contributed by atoms with Crippen LogP contribution in [0.4, 0.5) is 0 Å². The van der Waals surface area contributed by atoms with Crippen molar-refractivity contribution in [3.63, 3.8) is 0 Å². The Morgan fingerprint density at radius 3 is 2.55 bits per heavy atom. The van der Waals surface area contributed by atoms with Crippen molar-refractivity contribution in [1.82, 2.24) is 15.8 Å². The van der Waals surface area contributed by atoms with Crippen molar-refractivity contribution in [2.75, 3.05) is 20.1 Å². The fourth-order valence-electron chi connectivity index (χ4n) is 2.21. The van der Waals surface area contributed by atoms with Gasteiger partial charge in [-0.1, -0.05) is 18.2 Å². The van der Waals surface area contributed by atoms with E-state index in [1.165, 1.54) is 6.42 Å². The molecular formula is C14H23Cl2N3O. The molecule has 1 heterocycles. The van der Waals surface area contributed by atoms with Crippen molar-refractivity contribution in [1.29, 1.82) is 0 Å². The van der Waals surface area contributed by atoms with Crippen LogP contribution in [0.2, 0.25) is 0 Å². The first-order valence-corrected chi connectivity index (χ1v) is 6.55. The third-order valence-corrected chi connectivity index (χ3v) is 3.38. The van der Waals surface area contributed by atoms with E-state index in [2.05, 4.69) is 22.8 Å². The first-order valence-electron chi connectivity index (χ1n) is 6.55. The molecule has 0 saturated carbocycles. The van der Waals surface area contributed by atoms with Gasteiger partial charge in [0, 0.05) is 11.6 Å². The fraction of sp³-hybridized carbons (Fsp3) is 0.500. The third-order valence-electron chi connectivity index (χ3n) is 3.38. The Morgan fingerprint density at radius 2 is 1.85 bits per heavy atom. The Kier molecular flexibility index (Phi) is 9.59. The van der Waals surface area contributed by atoms with E-state index >= 15 is 0 Å². The first kappa shape index (κ1) is 19.2. The van der Waals surface area contributed by atoms with Gasteiger partial charge in [-0.05, 0) is 51.5 Å². The van der Waals surface area contributed by atoms with Crippen LogP contribution in [-0.2, 0) is 0 Å². The van der Waals surface area contributed by atoms with Crippen molar-refractivity contribution in [2.45, 2.75) is 25.3 Å². The number of amides is 1. The van der Waals surface area contributed by atoms with Crippen molar-refractivity contribution >= 4 is 30.7 Å². The average molecular weight is 320 g/mol. The summed E-state index contributed by atoms with van der Waals surface area (Å²) in [5, 5.41) is 0. The van der Waals surface area contributed by atoms with Gasteiger partial charge in [0.2, 0.25) is 0 Å². The van der Waals surface area contributed by atoms with E-state index in [1.54, 1.807) is 0 Å². The topological polar surface area (TPSA) is 44.4 Å². The maximum absolute atomic E-state index is 11.9.